The number of hydrogen-bond acceptors (Lipinski definition) is 1. The van der Waals surface area contributed by atoms with E-state index >= 15 is 0 Å². The van der Waals surface area contributed by atoms with Gasteiger partial charge in [0.1, 0.15) is 5.75 Å². The summed E-state index contributed by atoms with van der Waals surface area (Å²) >= 11 is 3.46. The third-order valence-corrected chi connectivity index (χ3v) is 2.26. The predicted molar refractivity (Wildman–Crippen MR) is 60.0 cm³/mol. The smallest absolute Gasteiger partial charge is 0.140 e. The molecule has 0 spiro atoms. The van der Waals surface area contributed by atoms with E-state index in [1.807, 2.05) is 44.2 Å². The lowest BCUT2D eigenvalue weighted by molar-refractivity contribution is 0.337. The van der Waals surface area contributed by atoms with Crippen LogP contribution in [0.4, 0.5) is 0 Å². The van der Waals surface area contributed by atoms with Gasteiger partial charge in [-0.1, -0.05) is 24.3 Å². The van der Waals surface area contributed by atoms with Crippen LogP contribution in [0.5, 0.6) is 5.75 Å². The fourth-order valence-corrected chi connectivity index (χ4v) is 1.63. The molecular weight excluding hydrogens is 228 g/mol. The van der Waals surface area contributed by atoms with Gasteiger partial charge in [-0.25, -0.2) is 0 Å². The maximum Gasteiger partial charge on any atom is 0.140 e. The van der Waals surface area contributed by atoms with E-state index in [0.29, 0.717) is 6.61 Å². The van der Waals surface area contributed by atoms with Crippen LogP contribution in [0.25, 0.3) is 6.08 Å². The lowest BCUT2D eigenvalue weighted by atomic mass is 10.2. The SMILES string of the molecule is C/C=C\c1cccc(Br)c1OCC. The zero-order chi connectivity index (χ0) is 9.68. The van der Waals surface area contributed by atoms with E-state index in [0.717, 1.165) is 15.8 Å². The normalized spacial score (nSPS) is 10.7. The Morgan fingerprint density at radius 2 is 2.23 bits per heavy atom. The molecule has 2 heteroatoms. The fraction of sp³-hybridized carbons (Fsp3) is 0.273. The van der Waals surface area contributed by atoms with Gasteiger partial charge in [0.15, 0.2) is 0 Å². The number of halogens is 1. The van der Waals surface area contributed by atoms with Crippen LogP contribution in [0.1, 0.15) is 19.4 Å². The first-order chi connectivity index (χ1) is 6.29. The Bertz CT molecular complexity index is 305. The van der Waals surface area contributed by atoms with Crippen LogP contribution >= 0.6 is 15.9 Å². The second-order valence-corrected chi connectivity index (χ2v) is 3.45. The number of rotatable bonds is 3. The highest BCUT2D eigenvalue weighted by Crippen LogP contribution is 2.29. The molecule has 0 N–H and O–H groups in total. The van der Waals surface area contributed by atoms with E-state index < -0.39 is 0 Å². The molecule has 0 aliphatic heterocycles. The average molecular weight is 241 g/mol. The van der Waals surface area contributed by atoms with Crippen LogP contribution in [0.3, 0.4) is 0 Å². The van der Waals surface area contributed by atoms with Gasteiger partial charge < -0.3 is 4.74 Å². The summed E-state index contributed by atoms with van der Waals surface area (Å²) in [7, 11) is 0. The Kier molecular flexibility index (Phi) is 4.03. The molecule has 0 amide bonds. The van der Waals surface area contributed by atoms with Gasteiger partial charge >= 0.3 is 0 Å². The summed E-state index contributed by atoms with van der Waals surface area (Å²) < 4.78 is 6.53. The highest BCUT2D eigenvalue weighted by molar-refractivity contribution is 9.10. The second-order valence-electron chi connectivity index (χ2n) is 2.59. The molecule has 0 bridgehead atoms. The highest BCUT2D eigenvalue weighted by Gasteiger charge is 2.03. The van der Waals surface area contributed by atoms with Crippen LogP contribution in [0.2, 0.25) is 0 Å². The minimum absolute atomic E-state index is 0.688. The van der Waals surface area contributed by atoms with Crippen LogP contribution in [0.15, 0.2) is 28.7 Å². The largest absolute Gasteiger partial charge is 0.492 e. The number of ether oxygens (including phenoxy) is 1. The first-order valence-corrected chi connectivity index (χ1v) is 5.13. The molecule has 0 saturated carbocycles. The van der Waals surface area contributed by atoms with Gasteiger partial charge in [-0.2, -0.15) is 0 Å². The van der Waals surface area contributed by atoms with E-state index in [-0.39, 0.29) is 0 Å². The van der Waals surface area contributed by atoms with Crippen molar-refractivity contribution in [3.63, 3.8) is 0 Å². The molecular formula is C11H13BrO. The molecule has 0 unspecified atom stereocenters. The Balaban J connectivity index is 3.09. The molecule has 0 aliphatic carbocycles. The maximum atomic E-state index is 5.52. The lowest BCUT2D eigenvalue weighted by Gasteiger charge is -2.08. The molecule has 70 valence electrons. The van der Waals surface area contributed by atoms with Crippen molar-refractivity contribution in [3.8, 4) is 5.75 Å². The summed E-state index contributed by atoms with van der Waals surface area (Å²) in [5.41, 5.74) is 1.11. The van der Waals surface area contributed by atoms with Crippen molar-refractivity contribution in [1.29, 1.82) is 0 Å². The third kappa shape index (κ3) is 2.59. The number of benzene rings is 1. The standard InChI is InChI=1S/C11H13BrO/c1-3-6-9-7-5-8-10(12)11(9)13-4-2/h3,5-8H,4H2,1-2H3/b6-3-. The zero-order valence-electron chi connectivity index (χ0n) is 7.88. The summed E-state index contributed by atoms with van der Waals surface area (Å²) in [5.74, 6) is 0.920. The molecule has 0 aliphatic rings. The minimum Gasteiger partial charge on any atom is -0.492 e. The van der Waals surface area contributed by atoms with E-state index in [2.05, 4.69) is 15.9 Å². The van der Waals surface area contributed by atoms with Crippen molar-refractivity contribution < 1.29 is 4.74 Å². The Morgan fingerprint density at radius 3 is 2.85 bits per heavy atom. The summed E-state index contributed by atoms with van der Waals surface area (Å²) in [6.07, 6.45) is 4.04. The third-order valence-electron chi connectivity index (χ3n) is 1.63. The zero-order valence-corrected chi connectivity index (χ0v) is 9.47. The quantitative estimate of drug-likeness (QED) is 0.780. The van der Waals surface area contributed by atoms with Crippen molar-refractivity contribution in [1.82, 2.24) is 0 Å². The van der Waals surface area contributed by atoms with Gasteiger partial charge in [0.2, 0.25) is 0 Å². The van der Waals surface area contributed by atoms with Gasteiger partial charge in [-0.3, -0.25) is 0 Å². The molecule has 0 fully saturated rings. The number of allylic oxidation sites excluding steroid dienone is 1. The van der Waals surface area contributed by atoms with Crippen LogP contribution in [-0.2, 0) is 0 Å². The van der Waals surface area contributed by atoms with Crippen LogP contribution in [0, 0.1) is 0 Å². The molecule has 1 rings (SSSR count). The molecule has 0 aromatic heterocycles. The van der Waals surface area contributed by atoms with Gasteiger partial charge in [-0.15, -0.1) is 0 Å². The monoisotopic (exact) mass is 240 g/mol. The maximum absolute atomic E-state index is 5.52. The molecule has 1 nitrogen and oxygen atoms in total. The van der Waals surface area contributed by atoms with Crippen LogP contribution in [-0.4, -0.2) is 6.61 Å². The van der Waals surface area contributed by atoms with Gasteiger partial charge in [0, 0.05) is 5.56 Å². The van der Waals surface area contributed by atoms with Crippen LogP contribution < -0.4 is 4.74 Å². The molecule has 0 radical (unpaired) electrons. The number of hydrogen-bond donors (Lipinski definition) is 0. The first-order valence-electron chi connectivity index (χ1n) is 4.33. The Morgan fingerprint density at radius 1 is 1.46 bits per heavy atom. The molecule has 0 atom stereocenters. The Labute approximate surface area is 87.5 Å². The van der Waals surface area contributed by atoms with E-state index in [4.69, 9.17) is 4.74 Å². The van der Waals surface area contributed by atoms with Gasteiger partial charge in [0.05, 0.1) is 11.1 Å². The summed E-state index contributed by atoms with van der Waals surface area (Å²) in [5, 5.41) is 0. The van der Waals surface area contributed by atoms with Crippen molar-refractivity contribution >= 4 is 22.0 Å². The molecule has 13 heavy (non-hydrogen) atoms. The predicted octanol–water partition coefficient (Wildman–Crippen LogP) is 3.88. The highest BCUT2D eigenvalue weighted by atomic mass is 79.9. The first kappa shape index (κ1) is 10.3. The van der Waals surface area contributed by atoms with E-state index in [9.17, 15) is 0 Å². The topological polar surface area (TPSA) is 9.23 Å². The molecule has 0 saturated heterocycles. The van der Waals surface area contributed by atoms with Gasteiger partial charge in [-0.05, 0) is 35.8 Å². The summed E-state index contributed by atoms with van der Waals surface area (Å²) in [6, 6.07) is 6.02. The second kappa shape index (κ2) is 5.07. The number of para-hydroxylation sites is 1. The molecule has 1 aromatic carbocycles. The summed E-state index contributed by atoms with van der Waals surface area (Å²) in [6.45, 7) is 4.67. The van der Waals surface area contributed by atoms with Crippen molar-refractivity contribution in [2.24, 2.45) is 0 Å². The Hall–Kier alpha value is -0.760. The van der Waals surface area contributed by atoms with Crippen molar-refractivity contribution in [2.45, 2.75) is 13.8 Å². The fourth-order valence-electron chi connectivity index (χ4n) is 1.13. The summed E-state index contributed by atoms with van der Waals surface area (Å²) in [4.78, 5) is 0. The van der Waals surface area contributed by atoms with Crippen molar-refractivity contribution in [2.75, 3.05) is 6.61 Å². The van der Waals surface area contributed by atoms with E-state index in [1.165, 1.54) is 0 Å². The minimum atomic E-state index is 0.688. The molecule has 1 aromatic rings. The van der Waals surface area contributed by atoms with Gasteiger partial charge in [0.25, 0.3) is 0 Å². The van der Waals surface area contributed by atoms with Crippen molar-refractivity contribution in [3.05, 3.63) is 34.3 Å². The average Bonchev–Trinajstić information content (AvgIpc) is 2.11. The molecule has 0 heterocycles. The van der Waals surface area contributed by atoms with E-state index in [1.54, 1.807) is 0 Å². The lowest BCUT2D eigenvalue weighted by Crippen LogP contribution is -1.94.